The molecule has 0 spiro atoms. The van der Waals surface area contributed by atoms with Crippen LogP contribution in [-0.2, 0) is 4.79 Å². The van der Waals surface area contributed by atoms with Gasteiger partial charge in [0.05, 0.1) is 40.3 Å². The normalized spacial score (nSPS) is 10.7. The number of amides is 1. The molecule has 0 heterocycles. The standard InChI is InChI=1S/C16H27N3O.ClH/c1-5-18(16-8-6-7-15(2)13-16)10-12-19(3,4)11-9-17-14-20;/h6-8,13-14H,5,9-12H2,1-4H3;1H. The van der Waals surface area contributed by atoms with Crippen LogP contribution in [0.25, 0.3) is 0 Å². The number of nitrogens with zero attached hydrogens (tertiary/aromatic N) is 2. The van der Waals surface area contributed by atoms with Gasteiger partial charge in [0.2, 0.25) is 6.41 Å². The minimum atomic E-state index is 0. The average Bonchev–Trinajstić information content (AvgIpc) is 2.39. The van der Waals surface area contributed by atoms with Gasteiger partial charge in [-0.25, -0.2) is 0 Å². The zero-order valence-corrected chi connectivity index (χ0v) is 14.4. The second-order valence-corrected chi connectivity index (χ2v) is 5.87. The molecule has 0 aromatic heterocycles. The topological polar surface area (TPSA) is 32.3 Å². The van der Waals surface area contributed by atoms with Crippen molar-refractivity contribution in [2.45, 2.75) is 13.8 Å². The van der Waals surface area contributed by atoms with Gasteiger partial charge in [-0.2, -0.15) is 0 Å². The number of likely N-dealkylation sites (N-methyl/N-ethyl adjacent to an activating group) is 2. The Balaban J connectivity index is 0.00000400. The molecule has 21 heavy (non-hydrogen) atoms. The first-order chi connectivity index (χ1) is 9.48. The third kappa shape index (κ3) is 7.34. The number of rotatable bonds is 9. The Morgan fingerprint density at radius 1 is 1.29 bits per heavy atom. The van der Waals surface area contributed by atoms with Crippen LogP contribution in [0, 0.1) is 6.92 Å². The third-order valence-corrected chi connectivity index (χ3v) is 3.67. The molecule has 0 unspecified atom stereocenters. The van der Waals surface area contributed by atoms with Crippen molar-refractivity contribution in [1.82, 2.24) is 5.32 Å². The smallest absolute Gasteiger partial charge is 0.207 e. The molecule has 0 atom stereocenters. The summed E-state index contributed by atoms with van der Waals surface area (Å²) in [4.78, 5) is 12.7. The first kappa shape index (κ1) is 19.7. The van der Waals surface area contributed by atoms with E-state index in [4.69, 9.17) is 0 Å². The van der Waals surface area contributed by atoms with Crippen molar-refractivity contribution >= 4 is 12.1 Å². The Morgan fingerprint density at radius 2 is 2.00 bits per heavy atom. The van der Waals surface area contributed by atoms with Crippen LogP contribution in [0.1, 0.15) is 12.5 Å². The predicted molar refractivity (Wildman–Crippen MR) is 85.0 cm³/mol. The lowest BCUT2D eigenvalue weighted by atomic mass is 10.2. The third-order valence-electron chi connectivity index (χ3n) is 3.67. The molecule has 0 radical (unpaired) electrons. The summed E-state index contributed by atoms with van der Waals surface area (Å²) < 4.78 is 0.906. The van der Waals surface area contributed by atoms with Crippen molar-refractivity contribution in [3.05, 3.63) is 29.8 Å². The van der Waals surface area contributed by atoms with Crippen molar-refractivity contribution < 1.29 is 21.7 Å². The lowest BCUT2D eigenvalue weighted by molar-refractivity contribution is -0.887. The Morgan fingerprint density at radius 3 is 2.57 bits per heavy atom. The van der Waals surface area contributed by atoms with Gasteiger partial charge >= 0.3 is 0 Å². The first-order valence-electron chi connectivity index (χ1n) is 7.29. The van der Waals surface area contributed by atoms with Crippen molar-refractivity contribution in [3.63, 3.8) is 0 Å². The lowest BCUT2D eigenvalue weighted by Gasteiger charge is -2.33. The van der Waals surface area contributed by atoms with Crippen LogP contribution in [-0.4, -0.2) is 57.7 Å². The van der Waals surface area contributed by atoms with Crippen LogP contribution < -0.4 is 22.6 Å². The molecule has 5 heteroatoms. The molecule has 1 aromatic rings. The van der Waals surface area contributed by atoms with Crippen LogP contribution in [0.4, 0.5) is 5.69 Å². The highest BCUT2D eigenvalue weighted by molar-refractivity contribution is 5.48. The highest BCUT2D eigenvalue weighted by atomic mass is 35.5. The van der Waals surface area contributed by atoms with E-state index in [1.54, 1.807) is 0 Å². The number of hydrogen-bond acceptors (Lipinski definition) is 2. The molecule has 0 aliphatic heterocycles. The summed E-state index contributed by atoms with van der Waals surface area (Å²) in [6, 6.07) is 8.64. The number of benzene rings is 1. The summed E-state index contributed by atoms with van der Waals surface area (Å²) in [6.45, 7) is 9.09. The number of quaternary nitrogens is 1. The zero-order chi connectivity index (χ0) is 15.0. The maximum Gasteiger partial charge on any atom is 0.207 e. The number of halogens is 1. The lowest BCUT2D eigenvalue weighted by Crippen LogP contribution is -3.00. The fraction of sp³-hybridized carbons (Fsp3) is 0.562. The van der Waals surface area contributed by atoms with Crippen molar-refractivity contribution in [1.29, 1.82) is 0 Å². The molecular formula is C16H28ClN3O. The summed E-state index contributed by atoms with van der Waals surface area (Å²) >= 11 is 0. The molecule has 4 nitrogen and oxygen atoms in total. The molecule has 0 aliphatic carbocycles. The summed E-state index contributed by atoms with van der Waals surface area (Å²) in [6.07, 6.45) is 0.769. The second kappa shape index (κ2) is 9.64. The van der Waals surface area contributed by atoms with E-state index in [1.807, 2.05) is 0 Å². The highest BCUT2D eigenvalue weighted by Gasteiger charge is 2.16. The Labute approximate surface area is 135 Å². The molecule has 1 aromatic carbocycles. The maximum absolute atomic E-state index is 10.3. The van der Waals surface area contributed by atoms with Gasteiger partial charge in [0.15, 0.2) is 0 Å². The number of aryl methyl sites for hydroxylation is 1. The fourth-order valence-corrected chi connectivity index (χ4v) is 2.22. The zero-order valence-electron chi connectivity index (χ0n) is 13.6. The van der Waals surface area contributed by atoms with Crippen molar-refractivity contribution in [2.75, 3.05) is 51.7 Å². The molecule has 120 valence electrons. The molecule has 0 saturated carbocycles. The molecule has 0 bridgehead atoms. The first-order valence-corrected chi connectivity index (χ1v) is 7.29. The average molecular weight is 314 g/mol. The second-order valence-electron chi connectivity index (χ2n) is 5.87. The van der Waals surface area contributed by atoms with Gasteiger partial charge in [-0.15, -0.1) is 0 Å². The van der Waals surface area contributed by atoms with Crippen LogP contribution in [0.15, 0.2) is 24.3 Å². The van der Waals surface area contributed by atoms with Crippen LogP contribution in [0.2, 0.25) is 0 Å². The summed E-state index contributed by atoms with van der Waals surface area (Å²) in [5.41, 5.74) is 2.59. The number of hydrogen-bond donors (Lipinski definition) is 1. The van der Waals surface area contributed by atoms with Crippen molar-refractivity contribution in [3.8, 4) is 0 Å². The van der Waals surface area contributed by atoms with E-state index in [2.05, 4.69) is 62.4 Å². The predicted octanol–water partition coefficient (Wildman–Crippen LogP) is -1.35. The number of carbonyl (C=O) groups is 1. The Bertz CT molecular complexity index is 424. The van der Waals surface area contributed by atoms with Gasteiger partial charge in [-0.1, -0.05) is 12.1 Å². The Hall–Kier alpha value is -1.26. The van der Waals surface area contributed by atoms with Gasteiger partial charge in [0.25, 0.3) is 0 Å². The number of anilines is 1. The van der Waals surface area contributed by atoms with Crippen LogP contribution >= 0.6 is 0 Å². The minimum Gasteiger partial charge on any atom is -1.00 e. The van der Waals surface area contributed by atoms with Gasteiger partial charge in [-0.3, -0.25) is 4.79 Å². The molecule has 1 N–H and O–H groups in total. The fourth-order valence-electron chi connectivity index (χ4n) is 2.22. The molecular weight excluding hydrogens is 286 g/mol. The summed E-state index contributed by atoms with van der Waals surface area (Å²) in [5.74, 6) is 0. The monoisotopic (exact) mass is 313 g/mol. The molecule has 0 aliphatic rings. The van der Waals surface area contributed by atoms with E-state index in [1.165, 1.54) is 11.3 Å². The van der Waals surface area contributed by atoms with Gasteiger partial charge < -0.3 is 27.1 Å². The molecule has 1 amide bonds. The summed E-state index contributed by atoms with van der Waals surface area (Å²) in [7, 11) is 4.41. The minimum absolute atomic E-state index is 0. The largest absolute Gasteiger partial charge is 1.00 e. The van der Waals surface area contributed by atoms with Crippen LogP contribution in [0.3, 0.4) is 0 Å². The maximum atomic E-state index is 10.3. The quantitative estimate of drug-likeness (QED) is 0.347. The van der Waals surface area contributed by atoms with Gasteiger partial charge in [-0.05, 0) is 31.5 Å². The van der Waals surface area contributed by atoms with Gasteiger partial charge in [0, 0.05) is 12.2 Å². The van der Waals surface area contributed by atoms with Crippen LogP contribution in [0.5, 0.6) is 0 Å². The summed E-state index contributed by atoms with van der Waals surface area (Å²) in [5, 5.41) is 2.74. The van der Waals surface area contributed by atoms with E-state index in [-0.39, 0.29) is 12.4 Å². The van der Waals surface area contributed by atoms with E-state index < -0.39 is 0 Å². The van der Waals surface area contributed by atoms with Crippen molar-refractivity contribution in [2.24, 2.45) is 0 Å². The molecule has 0 saturated heterocycles. The van der Waals surface area contributed by atoms with E-state index in [0.29, 0.717) is 0 Å². The molecule has 1 rings (SSSR count). The number of carbonyl (C=O) groups excluding carboxylic acids is 1. The number of nitrogens with one attached hydrogen (secondary N) is 1. The molecule has 0 fully saturated rings. The van der Waals surface area contributed by atoms with Gasteiger partial charge in [0.1, 0.15) is 0 Å². The van der Waals surface area contributed by atoms with E-state index >= 15 is 0 Å². The SMILES string of the molecule is CCN(CC[N+](C)(C)CCNC=O)c1cccc(C)c1.[Cl-]. The van der Waals surface area contributed by atoms with E-state index in [9.17, 15) is 4.79 Å². The van der Waals surface area contributed by atoms with E-state index in [0.717, 1.165) is 43.6 Å². The Kier molecular flexibility index (Phi) is 9.06. The highest BCUT2D eigenvalue weighted by Crippen LogP contribution is 2.15.